The Kier molecular flexibility index (Phi) is 2.91. The molecule has 0 radical (unpaired) electrons. The Hall–Kier alpha value is -1.62. The molecule has 1 aliphatic rings. The average Bonchev–Trinajstić information content (AvgIpc) is 2.69. The highest BCUT2D eigenvalue weighted by molar-refractivity contribution is 6.30. The summed E-state index contributed by atoms with van der Waals surface area (Å²) in [5, 5.41) is 4.88. The maximum Gasteiger partial charge on any atom is 0.147 e. The maximum absolute atomic E-state index is 5.84. The quantitative estimate of drug-likeness (QED) is 0.847. The third kappa shape index (κ3) is 2.31. The van der Waals surface area contributed by atoms with E-state index in [1.165, 1.54) is 0 Å². The third-order valence-electron chi connectivity index (χ3n) is 3.07. The van der Waals surface area contributed by atoms with Gasteiger partial charge in [0.1, 0.15) is 5.82 Å². The van der Waals surface area contributed by atoms with Crippen LogP contribution in [-0.2, 0) is 6.54 Å². The molecular formula is C12H14ClN5. The second-order valence-corrected chi connectivity index (χ2v) is 5.11. The van der Waals surface area contributed by atoms with E-state index >= 15 is 0 Å². The molecule has 6 heteroatoms. The molecule has 0 bridgehead atoms. The first-order valence-electron chi connectivity index (χ1n) is 5.92. The van der Waals surface area contributed by atoms with E-state index in [0.29, 0.717) is 10.9 Å². The summed E-state index contributed by atoms with van der Waals surface area (Å²) in [6.45, 7) is 4.85. The number of rotatable bonds is 3. The predicted octanol–water partition coefficient (Wildman–Crippen LogP) is 1.77. The van der Waals surface area contributed by atoms with E-state index in [4.69, 9.17) is 11.6 Å². The van der Waals surface area contributed by atoms with Crippen LogP contribution in [0.15, 0.2) is 24.8 Å². The summed E-state index contributed by atoms with van der Waals surface area (Å²) in [5.41, 5.74) is 0.954. The van der Waals surface area contributed by atoms with Gasteiger partial charge in [0.25, 0.3) is 0 Å². The molecule has 2 aromatic heterocycles. The SMILES string of the molecule is Cc1cncc(N2CC(Cn3cc(Cl)cn3)C2)n1. The molecule has 0 aliphatic carbocycles. The first kappa shape index (κ1) is 11.5. The molecule has 1 aliphatic heterocycles. The van der Waals surface area contributed by atoms with Gasteiger partial charge < -0.3 is 4.90 Å². The number of aromatic nitrogens is 4. The van der Waals surface area contributed by atoms with Crippen molar-refractivity contribution in [3.05, 3.63) is 35.5 Å². The number of hydrogen-bond acceptors (Lipinski definition) is 4. The minimum Gasteiger partial charge on any atom is -0.355 e. The summed E-state index contributed by atoms with van der Waals surface area (Å²) < 4.78 is 1.90. The van der Waals surface area contributed by atoms with Crippen LogP contribution in [0, 0.1) is 12.8 Å². The van der Waals surface area contributed by atoms with Gasteiger partial charge in [0, 0.05) is 37.9 Å². The maximum atomic E-state index is 5.84. The smallest absolute Gasteiger partial charge is 0.147 e. The second kappa shape index (κ2) is 4.57. The zero-order chi connectivity index (χ0) is 12.5. The zero-order valence-electron chi connectivity index (χ0n) is 10.1. The van der Waals surface area contributed by atoms with Crippen molar-refractivity contribution in [1.29, 1.82) is 0 Å². The zero-order valence-corrected chi connectivity index (χ0v) is 10.9. The molecule has 0 N–H and O–H groups in total. The van der Waals surface area contributed by atoms with Gasteiger partial charge in [-0.3, -0.25) is 9.67 Å². The molecule has 0 atom stereocenters. The van der Waals surface area contributed by atoms with E-state index in [1.54, 1.807) is 12.4 Å². The molecule has 1 fully saturated rings. The standard InChI is InChI=1S/C12H14ClN5/c1-9-2-14-4-12(16-9)17-5-10(6-17)7-18-8-11(13)3-15-18/h2-4,8,10H,5-7H2,1H3. The minimum absolute atomic E-state index is 0.600. The lowest BCUT2D eigenvalue weighted by atomic mass is 10.0. The Morgan fingerprint density at radius 1 is 1.33 bits per heavy atom. The number of aryl methyl sites for hydroxylation is 1. The van der Waals surface area contributed by atoms with E-state index in [2.05, 4.69) is 20.0 Å². The van der Waals surface area contributed by atoms with Gasteiger partial charge in [0.2, 0.25) is 0 Å². The van der Waals surface area contributed by atoms with Crippen LogP contribution in [0.3, 0.4) is 0 Å². The van der Waals surface area contributed by atoms with E-state index < -0.39 is 0 Å². The van der Waals surface area contributed by atoms with Crippen LogP contribution in [0.5, 0.6) is 0 Å². The van der Waals surface area contributed by atoms with Crippen LogP contribution in [0.4, 0.5) is 5.82 Å². The molecule has 0 saturated carbocycles. The molecule has 2 aromatic rings. The number of hydrogen-bond donors (Lipinski definition) is 0. The van der Waals surface area contributed by atoms with Crippen molar-refractivity contribution < 1.29 is 0 Å². The van der Waals surface area contributed by atoms with E-state index in [0.717, 1.165) is 31.1 Å². The Morgan fingerprint density at radius 3 is 2.83 bits per heavy atom. The summed E-state index contributed by atoms with van der Waals surface area (Å²) in [5.74, 6) is 1.56. The van der Waals surface area contributed by atoms with Crippen molar-refractivity contribution in [2.75, 3.05) is 18.0 Å². The molecule has 0 aromatic carbocycles. The molecule has 5 nitrogen and oxygen atoms in total. The molecule has 3 heterocycles. The van der Waals surface area contributed by atoms with Crippen molar-refractivity contribution in [3.63, 3.8) is 0 Å². The molecule has 1 saturated heterocycles. The lowest BCUT2D eigenvalue weighted by molar-refractivity contribution is 0.340. The highest BCUT2D eigenvalue weighted by atomic mass is 35.5. The van der Waals surface area contributed by atoms with Gasteiger partial charge in [-0.15, -0.1) is 0 Å². The van der Waals surface area contributed by atoms with Crippen molar-refractivity contribution in [3.8, 4) is 0 Å². The van der Waals surface area contributed by atoms with Crippen molar-refractivity contribution >= 4 is 17.4 Å². The summed E-state index contributed by atoms with van der Waals surface area (Å²) in [7, 11) is 0. The van der Waals surface area contributed by atoms with Gasteiger partial charge in [-0.2, -0.15) is 5.10 Å². The van der Waals surface area contributed by atoms with Crippen LogP contribution < -0.4 is 4.90 Å². The van der Waals surface area contributed by atoms with Crippen LogP contribution in [0.1, 0.15) is 5.69 Å². The second-order valence-electron chi connectivity index (χ2n) is 4.67. The van der Waals surface area contributed by atoms with Crippen LogP contribution in [0.2, 0.25) is 5.02 Å². The average molecular weight is 264 g/mol. The molecule has 0 spiro atoms. The van der Waals surface area contributed by atoms with Crippen LogP contribution in [-0.4, -0.2) is 32.8 Å². The first-order valence-corrected chi connectivity index (χ1v) is 6.30. The highest BCUT2D eigenvalue weighted by Gasteiger charge is 2.28. The van der Waals surface area contributed by atoms with E-state index in [9.17, 15) is 0 Å². The number of nitrogens with zero attached hydrogens (tertiary/aromatic N) is 5. The van der Waals surface area contributed by atoms with Gasteiger partial charge in [-0.1, -0.05) is 11.6 Å². The molecule has 0 amide bonds. The summed E-state index contributed by atoms with van der Waals surface area (Å²) in [6.07, 6.45) is 7.11. The minimum atomic E-state index is 0.600. The fourth-order valence-corrected chi connectivity index (χ4v) is 2.33. The molecule has 94 valence electrons. The number of halogens is 1. The topological polar surface area (TPSA) is 46.8 Å². The van der Waals surface area contributed by atoms with E-state index in [1.807, 2.05) is 24.0 Å². The molecular weight excluding hydrogens is 250 g/mol. The predicted molar refractivity (Wildman–Crippen MR) is 69.7 cm³/mol. The van der Waals surface area contributed by atoms with Gasteiger partial charge in [0.15, 0.2) is 0 Å². The summed E-state index contributed by atoms with van der Waals surface area (Å²) in [4.78, 5) is 10.9. The lowest BCUT2D eigenvalue weighted by Gasteiger charge is -2.39. The van der Waals surface area contributed by atoms with Gasteiger partial charge in [-0.25, -0.2) is 4.98 Å². The molecule has 18 heavy (non-hydrogen) atoms. The van der Waals surface area contributed by atoms with Gasteiger partial charge in [-0.05, 0) is 6.92 Å². The summed E-state index contributed by atoms with van der Waals surface area (Å²) in [6, 6.07) is 0. The molecule has 0 unspecified atom stereocenters. The van der Waals surface area contributed by atoms with Crippen molar-refractivity contribution in [2.24, 2.45) is 5.92 Å². The Morgan fingerprint density at radius 2 is 2.17 bits per heavy atom. The Labute approximate surface area is 110 Å². The Balaban J connectivity index is 1.57. The lowest BCUT2D eigenvalue weighted by Crippen LogP contribution is -2.49. The van der Waals surface area contributed by atoms with Gasteiger partial charge >= 0.3 is 0 Å². The van der Waals surface area contributed by atoms with Gasteiger partial charge in [0.05, 0.1) is 23.1 Å². The normalized spacial score (nSPS) is 15.8. The fraction of sp³-hybridized carbons (Fsp3) is 0.417. The van der Waals surface area contributed by atoms with Crippen molar-refractivity contribution in [1.82, 2.24) is 19.7 Å². The van der Waals surface area contributed by atoms with Crippen molar-refractivity contribution in [2.45, 2.75) is 13.5 Å². The summed E-state index contributed by atoms with van der Waals surface area (Å²) >= 11 is 5.84. The Bertz CT molecular complexity index is 547. The fourth-order valence-electron chi connectivity index (χ4n) is 2.18. The third-order valence-corrected chi connectivity index (χ3v) is 3.27. The van der Waals surface area contributed by atoms with E-state index in [-0.39, 0.29) is 0 Å². The van der Waals surface area contributed by atoms with Crippen LogP contribution in [0.25, 0.3) is 0 Å². The van der Waals surface area contributed by atoms with Crippen LogP contribution >= 0.6 is 11.6 Å². The first-order chi connectivity index (χ1) is 8.70. The number of anilines is 1. The largest absolute Gasteiger partial charge is 0.355 e. The highest BCUT2D eigenvalue weighted by Crippen LogP contribution is 2.23. The molecule has 3 rings (SSSR count). The monoisotopic (exact) mass is 263 g/mol.